The van der Waals surface area contributed by atoms with E-state index in [4.69, 9.17) is 32.7 Å². The quantitative estimate of drug-likeness (QED) is 0.147. The third kappa shape index (κ3) is 23.4. The molecule has 0 spiro atoms. The molecule has 0 aromatic heterocycles. The zero-order chi connectivity index (χ0) is 72.3. The van der Waals surface area contributed by atoms with E-state index in [1.54, 1.807) is 18.7 Å². The number of hydrogen-bond donors (Lipinski definition) is 3. The van der Waals surface area contributed by atoms with Gasteiger partial charge in [-0.3, -0.25) is 57.5 Å². The highest BCUT2D eigenvalue weighted by atomic mass is 35.5. The van der Waals surface area contributed by atoms with Crippen LogP contribution < -0.4 is 16.0 Å². The van der Waals surface area contributed by atoms with Gasteiger partial charge in [0.05, 0.1) is 38.8 Å². The molecular formula is C69H116Cl2N12O14. The van der Waals surface area contributed by atoms with E-state index in [9.17, 15) is 38.4 Å². The van der Waals surface area contributed by atoms with Crippen LogP contribution in [0.2, 0.25) is 0 Å². The average molecular weight is 1410 g/mol. The van der Waals surface area contributed by atoms with Gasteiger partial charge in [-0.15, -0.1) is 23.2 Å². The van der Waals surface area contributed by atoms with Gasteiger partial charge in [-0.05, 0) is 120 Å². The van der Waals surface area contributed by atoms with E-state index < -0.39 is 157 Å². The summed E-state index contributed by atoms with van der Waals surface area (Å²) in [7, 11) is 9.94. The van der Waals surface area contributed by atoms with Gasteiger partial charge in [-0.1, -0.05) is 60.8 Å². The first-order chi connectivity index (χ1) is 45.7. The minimum absolute atomic E-state index is 0.0225. The lowest BCUT2D eigenvalue weighted by molar-refractivity contribution is -0.154. The van der Waals surface area contributed by atoms with Gasteiger partial charge in [0.25, 0.3) is 0 Å². The lowest BCUT2D eigenvalue weighted by Crippen LogP contribution is -2.61. The number of rotatable bonds is 16. The predicted octanol–water partition coefficient (Wildman–Crippen LogP) is 3.71. The maximum absolute atomic E-state index is 15.5. The number of halogens is 2. The Hall–Kier alpha value is -5.86. The van der Waals surface area contributed by atoms with Gasteiger partial charge in [-0.2, -0.15) is 0 Å². The van der Waals surface area contributed by atoms with Crippen molar-refractivity contribution in [2.24, 2.45) is 29.6 Å². The van der Waals surface area contributed by atoms with E-state index >= 15 is 19.2 Å². The molecule has 5 rings (SSSR count). The molecule has 26 nitrogen and oxygen atoms in total. The Balaban J connectivity index is 1.62. The van der Waals surface area contributed by atoms with Crippen LogP contribution in [-0.2, 0) is 67.0 Å². The summed E-state index contributed by atoms with van der Waals surface area (Å²) in [5.74, 6) is -8.34. The molecule has 12 amide bonds. The third-order valence-electron chi connectivity index (χ3n) is 20.5. The Morgan fingerprint density at radius 1 is 0.577 bits per heavy atom. The maximum Gasteiger partial charge on any atom is 0.248 e. The van der Waals surface area contributed by atoms with Crippen molar-refractivity contribution in [3.8, 4) is 0 Å². The number of carbonyl (C=O) groups excluding carboxylic acids is 12. The van der Waals surface area contributed by atoms with Gasteiger partial charge >= 0.3 is 0 Å². The molecule has 3 saturated heterocycles. The van der Waals surface area contributed by atoms with Crippen LogP contribution in [0.5, 0.6) is 0 Å². The zero-order valence-corrected chi connectivity index (χ0v) is 62.1. The summed E-state index contributed by atoms with van der Waals surface area (Å²) in [4.78, 5) is 188. The molecule has 3 heterocycles. The highest BCUT2D eigenvalue weighted by molar-refractivity contribution is 6.20. The molecule has 5 aliphatic rings. The van der Waals surface area contributed by atoms with Gasteiger partial charge in [0, 0.05) is 99.4 Å². The monoisotopic (exact) mass is 1410 g/mol. The van der Waals surface area contributed by atoms with Crippen molar-refractivity contribution in [1.82, 2.24) is 60.0 Å². The van der Waals surface area contributed by atoms with Gasteiger partial charge < -0.3 is 69.5 Å². The molecule has 2 unspecified atom stereocenters. The summed E-state index contributed by atoms with van der Waals surface area (Å²) >= 11 is 13.3. The normalized spacial score (nSPS) is 30.2. The summed E-state index contributed by atoms with van der Waals surface area (Å²) in [6, 6.07) is -10.1. The standard InChI is InChI=1S/C69H116Cl2N12O14/c1-16-44(7)61-69(95)77(11)39-59(86)75(9)40-60(87)79(13)54(34-46-23-25-48(70)26-24-46)66(92)76(10)38-57(84)72-51(33-47-21-20-22-49(71)32-47)65(91)83-37-50(97-17-2)35-55(83)67(93)81(15)56(41-96-30-27-42(3)4)68(94)80(14)53(31-43(5)6)63(89)73-52(64(90)82-28-18-19-29-82)36-58(85)78(12)45(8)62(88)74-61/h42-56,61H,16-41H2,1-15H3,(H,72,84)(H,73,89)(H,74,88)/t44-,45-,46?,47?,48?,49?,50+,51-,52-,53-,54-,55-,56-,61-/m0/s1. The third-order valence-corrected chi connectivity index (χ3v) is 21.3. The van der Waals surface area contributed by atoms with Gasteiger partial charge in [0.1, 0.15) is 48.3 Å². The summed E-state index contributed by atoms with van der Waals surface area (Å²) in [6.45, 7) is 13.9. The molecule has 3 N–H and O–H groups in total. The number of hydrogen-bond acceptors (Lipinski definition) is 14. The number of amides is 12. The van der Waals surface area contributed by atoms with E-state index in [0.717, 1.165) is 27.5 Å². The molecule has 28 heteroatoms. The minimum atomic E-state index is -1.45. The number of nitrogens with zero attached hydrogens (tertiary/aromatic N) is 9. The molecule has 5 fully saturated rings. The Labute approximate surface area is 586 Å². The molecule has 2 aliphatic carbocycles. The van der Waals surface area contributed by atoms with Gasteiger partial charge in [0.15, 0.2) is 0 Å². The fraction of sp³-hybridized carbons (Fsp3) is 0.826. The van der Waals surface area contributed by atoms with Crippen molar-refractivity contribution in [1.29, 1.82) is 0 Å². The zero-order valence-electron chi connectivity index (χ0n) is 60.6. The summed E-state index contributed by atoms with van der Waals surface area (Å²) in [5, 5.41) is 8.36. The number of carbonyl (C=O) groups is 12. The van der Waals surface area contributed by atoms with Crippen molar-refractivity contribution >= 4 is 94.1 Å². The fourth-order valence-corrected chi connectivity index (χ4v) is 14.4. The van der Waals surface area contributed by atoms with Gasteiger partial charge in [0.2, 0.25) is 70.9 Å². The molecule has 0 radical (unpaired) electrons. The Morgan fingerprint density at radius 3 is 1.81 bits per heavy atom. The number of fused-ring (bicyclic) bond motifs is 1. The number of likely N-dealkylation sites (tertiary alicyclic amines) is 1. The topological polar surface area (TPSA) is 289 Å². The first-order valence-corrected chi connectivity index (χ1v) is 36.3. The lowest BCUT2D eigenvalue weighted by Gasteiger charge is -2.38. The summed E-state index contributed by atoms with van der Waals surface area (Å²) in [5.41, 5.74) is 0. The molecule has 0 aromatic rings. The van der Waals surface area contributed by atoms with Crippen LogP contribution in [-0.4, -0.2) is 289 Å². The molecule has 2 saturated carbocycles. The minimum Gasteiger partial charge on any atom is -0.379 e. The first kappa shape index (κ1) is 81.8. The first-order valence-electron chi connectivity index (χ1n) is 35.4. The molecule has 12 atom stereocenters. The summed E-state index contributed by atoms with van der Waals surface area (Å²) in [6.07, 6.45) is 7.24. The van der Waals surface area contributed by atoms with Crippen LogP contribution in [0.1, 0.15) is 165 Å². The largest absolute Gasteiger partial charge is 0.379 e. The average Bonchev–Trinajstić information content (AvgIpc) is 1.72. The fourth-order valence-electron chi connectivity index (χ4n) is 13.7. The summed E-state index contributed by atoms with van der Waals surface area (Å²) < 4.78 is 12.3. The Kier molecular flexibility index (Phi) is 32.6. The van der Waals surface area contributed by atoms with Crippen LogP contribution in [0.25, 0.3) is 0 Å². The lowest BCUT2D eigenvalue weighted by atomic mass is 9.84. The number of alkyl halides is 2. The number of likely N-dealkylation sites (N-methyl/N-ethyl adjacent to an activating group) is 7. The van der Waals surface area contributed by atoms with Crippen molar-refractivity contribution in [2.45, 2.75) is 230 Å². The van der Waals surface area contributed by atoms with Crippen LogP contribution in [0.15, 0.2) is 0 Å². The maximum atomic E-state index is 15.5. The van der Waals surface area contributed by atoms with E-state index in [0.29, 0.717) is 77.3 Å². The van der Waals surface area contributed by atoms with Crippen LogP contribution >= 0.6 is 23.2 Å². The van der Waals surface area contributed by atoms with Crippen molar-refractivity contribution in [3.63, 3.8) is 0 Å². The van der Waals surface area contributed by atoms with Crippen LogP contribution in [0.3, 0.4) is 0 Å². The van der Waals surface area contributed by atoms with Crippen molar-refractivity contribution < 1.29 is 67.0 Å². The van der Waals surface area contributed by atoms with E-state index in [1.165, 1.54) is 80.8 Å². The second kappa shape index (κ2) is 38.6. The van der Waals surface area contributed by atoms with Crippen molar-refractivity contribution in [2.75, 3.05) is 108 Å². The van der Waals surface area contributed by atoms with Crippen molar-refractivity contribution in [3.05, 3.63) is 0 Å². The van der Waals surface area contributed by atoms with E-state index in [1.807, 2.05) is 34.6 Å². The smallest absolute Gasteiger partial charge is 0.248 e. The Bertz CT molecular complexity index is 2720. The SMILES string of the molecule is CCO[C@@H]1C[C@H]2C(=O)N(C)[C@@H](COCCC(C)C)C(=O)N(C)[C@@H](CC(C)C)C(=O)N[C@H](C(=O)N3CCCC3)CC(=O)N(C)[C@@H](C)C(=O)N[C@@H]([C@@H](C)CC)C(=O)N(C)CC(=O)N(C)CC(=O)N(C)[C@@H](CC3CCC(Cl)CC3)C(=O)N(C)CC(=O)N[C@@H](CC3CCCC(Cl)C3)C(=O)N2C1. The predicted molar refractivity (Wildman–Crippen MR) is 368 cm³/mol. The second-order valence-corrected chi connectivity index (χ2v) is 30.2. The second-order valence-electron chi connectivity index (χ2n) is 29.0. The Morgan fingerprint density at radius 2 is 1.21 bits per heavy atom. The van der Waals surface area contributed by atoms with Crippen LogP contribution in [0, 0.1) is 29.6 Å². The van der Waals surface area contributed by atoms with E-state index in [2.05, 4.69) is 16.0 Å². The molecule has 0 aromatic carbocycles. The van der Waals surface area contributed by atoms with E-state index in [-0.39, 0.29) is 86.5 Å². The molecule has 97 heavy (non-hydrogen) atoms. The highest BCUT2D eigenvalue weighted by Gasteiger charge is 2.48. The highest BCUT2D eigenvalue weighted by Crippen LogP contribution is 2.34. The van der Waals surface area contributed by atoms with Gasteiger partial charge in [-0.25, -0.2) is 0 Å². The molecule has 550 valence electrons. The number of nitrogens with one attached hydrogen (secondary N) is 3. The molecule has 3 aliphatic heterocycles. The molecule has 0 bridgehead atoms. The molecular weight excluding hydrogens is 1290 g/mol. The number of ether oxygens (including phenoxy) is 2. The van der Waals surface area contributed by atoms with Crippen LogP contribution in [0.4, 0.5) is 0 Å².